The lowest BCUT2D eigenvalue weighted by Gasteiger charge is -2.05. The van der Waals surface area contributed by atoms with Crippen molar-refractivity contribution in [1.82, 2.24) is 14.9 Å². The van der Waals surface area contributed by atoms with E-state index in [1.807, 2.05) is 6.92 Å². The van der Waals surface area contributed by atoms with E-state index >= 15 is 0 Å². The van der Waals surface area contributed by atoms with Crippen LogP contribution in [0.3, 0.4) is 0 Å². The number of aromatic nitrogens is 3. The van der Waals surface area contributed by atoms with E-state index in [1.165, 1.54) is 40.7 Å². The van der Waals surface area contributed by atoms with E-state index < -0.39 is 5.97 Å². The topological polar surface area (TPSA) is 123 Å². The van der Waals surface area contributed by atoms with Crippen LogP contribution in [-0.2, 0) is 11.2 Å². The summed E-state index contributed by atoms with van der Waals surface area (Å²) in [7, 11) is 0. The molecule has 22 heavy (non-hydrogen) atoms. The molecule has 1 amide bonds. The lowest BCUT2D eigenvalue weighted by Crippen LogP contribution is -2.17. The fourth-order valence-electron chi connectivity index (χ4n) is 1.67. The van der Waals surface area contributed by atoms with Crippen molar-refractivity contribution in [2.45, 2.75) is 18.5 Å². The van der Waals surface area contributed by atoms with Gasteiger partial charge in [0.25, 0.3) is 0 Å². The van der Waals surface area contributed by atoms with Crippen molar-refractivity contribution in [3.63, 3.8) is 0 Å². The molecule has 1 heterocycles. The van der Waals surface area contributed by atoms with E-state index in [0.717, 1.165) is 0 Å². The number of carbonyl (C=O) groups excluding carboxylic acids is 1. The van der Waals surface area contributed by atoms with Gasteiger partial charge in [-0.25, -0.2) is 9.47 Å². The lowest BCUT2D eigenvalue weighted by atomic mass is 10.2. The molecule has 9 heteroatoms. The third-order valence-electron chi connectivity index (χ3n) is 2.80. The molecule has 0 aliphatic carbocycles. The normalized spacial score (nSPS) is 10.4. The summed E-state index contributed by atoms with van der Waals surface area (Å²) in [5.41, 5.74) is 0.690. The van der Waals surface area contributed by atoms with Crippen molar-refractivity contribution >= 4 is 29.3 Å². The smallest absolute Gasteiger partial charge is 0.335 e. The van der Waals surface area contributed by atoms with Crippen LogP contribution in [0.5, 0.6) is 0 Å². The number of aromatic carboxylic acids is 1. The largest absolute Gasteiger partial charge is 0.478 e. The first kappa shape index (κ1) is 15.8. The highest BCUT2D eigenvalue weighted by Gasteiger charge is 2.11. The molecule has 0 aliphatic rings. The molecule has 0 atom stereocenters. The maximum Gasteiger partial charge on any atom is 0.335 e. The zero-order valence-corrected chi connectivity index (χ0v) is 12.6. The number of anilines is 1. The third kappa shape index (κ3) is 3.76. The summed E-state index contributed by atoms with van der Waals surface area (Å²) in [6.07, 6.45) is 0.659. The predicted octanol–water partition coefficient (Wildman–Crippen LogP) is 0.983. The maximum atomic E-state index is 11.8. The van der Waals surface area contributed by atoms with Gasteiger partial charge in [-0.15, -0.1) is 10.2 Å². The molecule has 0 radical (unpaired) electrons. The highest BCUT2D eigenvalue weighted by molar-refractivity contribution is 7.99. The van der Waals surface area contributed by atoms with Gasteiger partial charge in [0.2, 0.25) is 11.1 Å². The molecule has 1 aromatic heterocycles. The van der Waals surface area contributed by atoms with Gasteiger partial charge >= 0.3 is 5.97 Å². The van der Waals surface area contributed by atoms with E-state index in [1.54, 1.807) is 0 Å². The minimum Gasteiger partial charge on any atom is -0.478 e. The Labute approximate surface area is 130 Å². The number of nitrogen functional groups attached to an aromatic ring is 1. The summed E-state index contributed by atoms with van der Waals surface area (Å²) in [5.74, 6) is 5.30. The number of carboxylic acid groups (broad SMARTS) is 1. The molecule has 0 bridgehead atoms. The number of hydrogen-bond donors (Lipinski definition) is 3. The second-order valence-electron chi connectivity index (χ2n) is 4.34. The summed E-state index contributed by atoms with van der Waals surface area (Å²) < 4.78 is 1.36. The Balaban J connectivity index is 1.90. The summed E-state index contributed by atoms with van der Waals surface area (Å²) >= 11 is 1.18. The number of benzene rings is 1. The summed E-state index contributed by atoms with van der Waals surface area (Å²) in [4.78, 5) is 22.6. The molecule has 8 nitrogen and oxygen atoms in total. The van der Waals surface area contributed by atoms with E-state index in [4.69, 9.17) is 10.9 Å². The van der Waals surface area contributed by atoms with Crippen molar-refractivity contribution in [1.29, 1.82) is 0 Å². The average Bonchev–Trinajstić information content (AvgIpc) is 2.86. The Morgan fingerprint density at radius 1 is 1.32 bits per heavy atom. The monoisotopic (exact) mass is 321 g/mol. The van der Waals surface area contributed by atoms with Crippen LogP contribution >= 0.6 is 11.8 Å². The standard InChI is InChI=1S/C13H15N5O3S/c1-2-10-16-17-13(18(10)14)22-7-11(19)15-9-5-3-8(4-6-9)12(20)21/h3-6H,2,7,14H2,1H3,(H,15,19)(H,20,21). The number of nitrogens with two attached hydrogens (primary N) is 1. The fourth-order valence-corrected chi connectivity index (χ4v) is 2.35. The third-order valence-corrected chi connectivity index (χ3v) is 3.74. The molecular formula is C13H15N5O3S. The highest BCUT2D eigenvalue weighted by Crippen LogP contribution is 2.16. The zero-order valence-electron chi connectivity index (χ0n) is 11.8. The van der Waals surface area contributed by atoms with Gasteiger partial charge in [-0.1, -0.05) is 18.7 Å². The Bertz CT molecular complexity index is 683. The predicted molar refractivity (Wildman–Crippen MR) is 82.3 cm³/mol. The van der Waals surface area contributed by atoms with Crippen molar-refractivity contribution in [2.75, 3.05) is 16.9 Å². The van der Waals surface area contributed by atoms with Crippen molar-refractivity contribution in [3.8, 4) is 0 Å². The number of nitrogens with one attached hydrogen (secondary N) is 1. The molecule has 4 N–H and O–H groups in total. The average molecular weight is 321 g/mol. The second kappa shape index (κ2) is 6.94. The number of thioether (sulfide) groups is 1. The van der Waals surface area contributed by atoms with Crippen molar-refractivity contribution < 1.29 is 14.7 Å². The molecule has 0 saturated carbocycles. The van der Waals surface area contributed by atoms with Crippen LogP contribution in [0.2, 0.25) is 0 Å². The van der Waals surface area contributed by atoms with Crippen LogP contribution in [-0.4, -0.2) is 37.6 Å². The van der Waals surface area contributed by atoms with Gasteiger partial charge in [0.15, 0.2) is 5.82 Å². The molecule has 0 saturated heterocycles. The van der Waals surface area contributed by atoms with Gasteiger partial charge in [-0.05, 0) is 24.3 Å². The number of amides is 1. The molecule has 116 valence electrons. The molecule has 0 unspecified atom stereocenters. The molecule has 0 spiro atoms. The van der Waals surface area contributed by atoms with Gasteiger partial charge in [0, 0.05) is 12.1 Å². The second-order valence-corrected chi connectivity index (χ2v) is 5.28. The van der Waals surface area contributed by atoms with Gasteiger partial charge in [0.1, 0.15) is 0 Å². The van der Waals surface area contributed by atoms with E-state index in [9.17, 15) is 9.59 Å². The maximum absolute atomic E-state index is 11.8. The quantitative estimate of drug-likeness (QED) is 0.535. The van der Waals surface area contributed by atoms with Crippen molar-refractivity contribution in [2.24, 2.45) is 0 Å². The van der Waals surface area contributed by atoms with Crippen LogP contribution in [0.1, 0.15) is 23.1 Å². The molecule has 0 aliphatic heterocycles. The molecule has 2 aromatic rings. The number of aryl methyl sites for hydroxylation is 1. The molecule has 0 fully saturated rings. The zero-order chi connectivity index (χ0) is 16.1. The van der Waals surface area contributed by atoms with E-state index in [0.29, 0.717) is 23.1 Å². The Morgan fingerprint density at radius 3 is 2.55 bits per heavy atom. The number of nitrogens with zero attached hydrogens (tertiary/aromatic N) is 3. The van der Waals surface area contributed by atoms with Crippen LogP contribution in [0.4, 0.5) is 5.69 Å². The summed E-state index contributed by atoms with van der Waals surface area (Å²) in [6.45, 7) is 1.91. The van der Waals surface area contributed by atoms with E-state index in [2.05, 4.69) is 15.5 Å². The van der Waals surface area contributed by atoms with Crippen LogP contribution in [0.25, 0.3) is 0 Å². The molecular weight excluding hydrogens is 306 g/mol. The summed E-state index contributed by atoms with van der Waals surface area (Å²) in [5, 5.41) is 19.7. The Hall–Kier alpha value is -2.55. The van der Waals surface area contributed by atoms with Crippen LogP contribution in [0, 0.1) is 0 Å². The van der Waals surface area contributed by atoms with Gasteiger partial charge in [-0.2, -0.15) is 0 Å². The van der Waals surface area contributed by atoms with E-state index in [-0.39, 0.29) is 17.2 Å². The first-order chi connectivity index (χ1) is 10.5. The summed E-state index contributed by atoms with van der Waals surface area (Å²) in [6, 6.07) is 5.92. The molecule has 1 aromatic carbocycles. The van der Waals surface area contributed by atoms with Gasteiger partial charge in [-0.3, -0.25) is 4.79 Å². The Morgan fingerprint density at radius 2 is 2.00 bits per heavy atom. The van der Waals surface area contributed by atoms with Crippen LogP contribution in [0.15, 0.2) is 29.4 Å². The number of carboxylic acids is 1. The van der Waals surface area contributed by atoms with Gasteiger partial charge < -0.3 is 16.3 Å². The van der Waals surface area contributed by atoms with Gasteiger partial charge in [0.05, 0.1) is 11.3 Å². The first-order valence-corrected chi connectivity index (χ1v) is 7.45. The minimum absolute atomic E-state index is 0.125. The highest BCUT2D eigenvalue weighted by atomic mass is 32.2. The number of rotatable bonds is 6. The minimum atomic E-state index is -1.01. The lowest BCUT2D eigenvalue weighted by molar-refractivity contribution is -0.113. The SMILES string of the molecule is CCc1nnc(SCC(=O)Nc2ccc(C(=O)O)cc2)n1N. The van der Waals surface area contributed by atoms with Crippen molar-refractivity contribution in [3.05, 3.63) is 35.7 Å². The number of hydrogen-bond acceptors (Lipinski definition) is 6. The fraction of sp³-hybridized carbons (Fsp3) is 0.231. The number of carbonyl (C=O) groups is 2. The first-order valence-electron chi connectivity index (χ1n) is 6.46. The Kier molecular flexibility index (Phi) is 4.99. The molecule has 2 rings (SSSR count). The van der Waals surface area contributed by atoms with Crippen LogP contribution < -0.4 is 11.2 Å².